The van der Waals surface area contributed by atoms with E-state index in [4.69, 9.17) is 15.2 Å². The Hall–Kier alpha value is -1.66. The number of morpholine rings is 1. The Bertz CT molecular complexity index is 502. The predicted octanol–water partition coefficient (Wildman–Crippen LogP) is 1.47. The standard InChI is InChI=1S/C15H21FN2O3/c1-10(17)13-4-3-12(16)9-14(13)21-11(2)15(19)18-5-7-20-8-6-18/h3-4,9-11H,5-8,17H2,1-2H3/t10-,11?/m0/s1. The molecule has 2 atom stereocenters. The number of carbonyl (C=O) groups is 1. The number of rotatable bonds is 4. The number of halogens is 1. The van der Waals surface area contributed by atoms with Crippen LogP contribution in [-0.4, -0.2) is 43.2 Å². The van der Waals surface area contributed by atoms with Crippen LogP contribution in [0.15, 0.2) is 18.2 Å². The van der Waals surface area contributed by atoms with Crippen molar-refractivity contribution >= 4 is 5.91 Å². The Balaban J connectivity index is 2.09. The first-order valence-electron chi connectivity index (χ1n) is 7.07. The van der Waals surface area contributed by atoms with Gasteiger partial charge in [-0.05, 0) is 19.9 Å². The molecule has 116 valence electrons. The molecular formula is C15H21FN2O3. The molecule has 5 nitrogen and oxygen atoms in total. The molecule has 2 N–H and O–H groups in total. The van der Waals surface area contributed by atoms with Crippen LogP contribution < -0.4 is 10.5 Å². The average Bonchev–Trinajstić information content (AvgIpc) is 2.47. The monoisotopic (exact) mass is 296 g/mol. The first kappa shape index (κ1) is 15.7. The van der Waals surface area contributed by atoms with Gasteiger partial charge in [-0.25, -0.2) is 4.39 Å². The molecule has 0 radical (unpaired) electrons. The summed E-state index contributed by atoms with van der Waals surface area (Å²) in [6.45, 7) is 5.61. The van der Waals surface area contributed by atoms with Crippen LogP contribution >= 0.6 is 0 Å². The van der Waals surface area contributed by atoms with E-state index in [0.717, 1.165) is 0 Å². The maximum absolute atomic E-state index is 13.4. The van der Waals surface area contributed by atoms with Crippen LogP contribution in [0, 0.1) is 5.82 Å². The zero-order valence-corrected chi connectivity index (χ0v) is 12.3. The number of nitrogens with two attached hydrogens (primary N) is 1. The van der Waals surface area contributed by atoms with Gasteiger partial charge in [0, 0.05) is 30.8 Å². The summed E-state index contributed by atoms with van der Waals surface area (Å²) in [5.74, 6) is -0.224. The molecule has 1 aromatic rings. The topological polar surface area (TPSA) is 64.8 Å². The molecule has 0 saturated carbocycles. The lowest BCUT2D eigenvalue weighted by Gasteiger charge is -2.29. The number of benzene rings is 1. The molecule has 1 aliphatic heterocycles. The van der Waals surface area contributed by atoms with Gasteiger partial charge in [-0.2, -0.15) is 0 Å². The Morgan fingerprint density at radius 2 is 2.05 bits per heavy atom. The average molecular weight is 296 g/mol. The minimum Gasteiger partial charge on any atom is -0.480 e. The maximum Gasteiger partial charge on any atom is 0.263 e. The molecule has 1 amide bonds. The Morgan fingerprint density at radius 1 is 1.38 bits per heavy atom. The lowest BCUT2D eigenvalue weighted by atomic mass is 10.1. The van der Waals surface area contributed by atoms with Crippen molar-refractivity contribution < 1.29 is 18.7 Å². The van der Waals surface area contributed by atoms with Crippen molar-refractivity contribution in [2.24, 2.45) is 5.73 Å². The number of ether oxygens (including phenoxy) is 2. The summed E-state index contributed by atoms with van der Waals surface area (Å²) < 4.78 is 24.2. The highest BCUT2D eigenvalue weighted by atomic mass is 19.1. The van der Waals surface area contributed by atoms with Gasteiger partial charge in [-0.15, -0.1) is 0 Å². The van der Waals surface area contributed by atoms with E-state index in [0.29, 0.717) is 37.6 Å². The highest BCUT2D eigenvalue weighted by molar-refractivity contribution is 5.81. The molecule has 6 heteroatoms. The number of hydrogen-bond acceptors (Lipinski definition) is 4. The third-order valence-corrected chi connectivity index (χ3v) is 3.44. The lowest BCUT2D eigenvalue weighted by molar-refractivity contribution is -0.142. The summed E-state index contributed by atoms with van der Waals surface area (Å²) in [4.78, 5) is 14.0. The van der Waals surface area contributed by atoms with E-state index in [1.165, 1.54) is 12.1 Å². The van der Waals surface area contributed by atoms with Crippen LogP contribution in [0.2, 0.25) is 0 Å². The number of hydrogen-bond donors (Lipinski definition) is 1. The highest BCUT2D eigenvalue weighted by Crippen LogP contribution is 2.26. The highest BCUT2D eigenvalue weighted by Gasteiger charge is 2.24. The van der Waals surface area contributed by atoms with Crippen molar-refractivity contribution in [2.45, 2.75) is 26.0 Å². The molecular weight excluding hydrogens is 275 g/mol. The van der Waals surface area contributed by atoms with Gasteiger partial charge < -0.3 is 20.1 Å². The fourth-order valence-electron chi connectivity index (χ4n) is 2.27. The molecule has 1 fully saturated rings. The summed E-state index contributed by atoms with van der Waals surface area (Å²) >= 11 is 0. The molecule has 1 saturated heterocycles. The number of nitrogens with zero attached hydrogens (tertiary/aromatic N) is 1. The first-order chi connectivity index (χ1) is 9.99. The van der Waals surface area contributed by atoms with Gasteiger partial charge in [-0.3, -0.25) is 4.79 Å². The molecule has 0 spiro atoms. The molecule has 1 unspecified atom stereocenters. The van der Waals surface area contributed by atoms with E-state index in [9.17, 15) is 9.18 Å². The molecule has 1 aliphatic rings. The second-order valence-corrected chi connectivity index (χ2v) is 5.17. The van der Waals surface area contributed by atoms with E-state index in [-0.39, 0.29) is 11.9 Å². The summed E-state index contributed by atoms with van der Waals surface area (Å²) in [5.41, 5.74) is 6.52. The normalized spacial score (nSPS) is 18.2. The third-order valence-electron chi connectivity index (χ3n) is 3.44. The molecule has 1 aromatic carbocycles. The van der Waals surface area contributed by atoms with E-state index in [1.54, 1.807) is 24.8 Å². The third kappa shape index (κ3) is 3.92. The van der Waals surface area contributed by atoms with Crippen molar-refractivity contribution in [1.29, 1.82) is 0 Å². The van der Waals surface area contributed by atoms with Gasteiger partial charge in [-0.1, -0.05) is 6.07 Å². The smallest absolute Gasteiger partial charge is 0.263 e. The van der Waals surface area contributed by atoms with Crippen molar-refractivity contribution in [3.05, 3.63) is 29.6 Å². The quantitative estimate of drug-likeness (QED) is 0.914. The van der Waals surface area contributed by atoms with Gasteiger partial charge in [0.15, 0.2) is 6.10 Å². The lowest BCUT2D eigenvalue weighted by Crippen LogP contribution is -2.46. The SMILES string of the molecule is CC(Oc1cc(F)ccc1[C@H](C)N)C(=O)N1CCOCC1. The van der Waals surface area contributed by atoms with Gasteiger partial charge in [0.25, 0.3) is 5.91 Å². The largest absolute Gasteiger partial charge is 0.480 e. The van der Waals surface area contributed by atoms with Gasteiger partial charge in [0.05, 0.1) is 13.2 Å². The summed E-state index contributed by atoms with van der Waals surface area (Å²) in [7, 11) is 0. The number of carbonyl (C=O) groups excluding carboxylic acids is 1. The first-order valence-corrected chi connectivity index (χ1v) is 7.07. The zero-order chi connectivity index (χ0) is 15.4. The van der Waals surface area contributed by atoms with Gasteiger partial charge in [0.1, 0.15) is 11.6 Å². The zero-order valence-electron chi connectivity index (χ0n) is 12.3. The molecule has 2 rings (SSSR count). The Kier molecular flexibility index (Phi) is 5.14. The predicted molar refractivity (Wildman–Crippen MR) is 76.5 cm³/mol. The van der Waals surface area contributed by atoms with Crippen LogP contribution in [0.25, 0.3) is 0 Å². The van der Waals surface area contributed by atoms with E-state index >= 15 is 0 Å². The fraction of sp³-hybridized carbons (Fsp3) is 0.533. The van der Waals surface area contributed by atoms with Gasteiger partial charge in [0.2, 0.25) is 0 Å². The second-order valence-electron chi connectivity index (χ2n) is 5.17. The molecule has 0 aliphatic carbocycles. The number of amides is 1. The Labute approximate surface area is 123 Å². The van der Waals surface area contributed by atoms with Crippen LogP contribution in [0.3, 0.4) is 0 Å². The summed E-state index contributed by atoms with van der Waals surface area (Å²) in [6.07, 6.45) is -0.692. The van der Waals surface area contributed by atoms with Crippen LogP contribution in [0.1, 0.15) is 25.5 Å². The van der Waals surface area contributed by atoms with E-state index in [2.05, 4.69) is 0 Å². The second kappa shape index (κ2) is 6.87. The molecule has 0 bridgehead atoms. The molecule has 1 heterocycles. The van der Waals surface area contributed by atoms with Crippen molar-refractivity contribution in [1.82, 2.24) is 4.90 Å². The fourth-order valence-corrected chi connectivity index (χ4v) is 2.27. The van der Waals surface area contributed by atoms with E-state index in [1.807, 2.05) is 0 Å². The molecule has 0 aromatic heterocycles. The van der Waals surface area contributed by atoms with Crippen LogP contribution in [0.5, 0.6) is 5.75 Å². The minimum atomic E-state index is -0.692. The van der Waals surface area contributed by atoms with Crippen molar-refractivity contribution in [3.8, 4) is 5.75 Å². The summed E-state index contributed by atoms with van der Waals surface area (Å²) in [5, 5.41) is 0. The van der Waals surface area contributed by atoms with Crippen LogP contribution in [-0.2, 0) is 9.53 Å². The van der Waals surface area contributed by atoms with Gasteiger partial charge >= 0.3 is 0 Å². The minimum absolute atomic E-state index is 0.127. The van der Waals surface area contributed by atoms with E-state index < -0.39 is 11.9 Å². The maximum atomic E-state index is 13.4. The molecule has 21 heavy (non-hydrogen) atoms. The van der Waals surface area contributed by atoms with Crippen molar-refractivity contribution in [2.75, 3.05) is 26.3 Å². The van der Waals surface area contributed by atoms with Crippen LogP contribution in [0.4, 0.5) is 4.39 Å². The van der Waals surface area contributed by atoms with Crippen molar-refractivity contribution in [3.63, 3.8) is 0 Å². The Morgan fingerprint density at radius 3 is 2.67 bits per heavy atom. The summed E-state index contributed by atoms with van der Waals surface area (Å²) in [6, 6.07) is 3.88.